The van der Waals surface area contributed by atoms with Crippen molar-refractivity contribution in [2.24, 2.45) is 22.6 Å². The second-order valence-corrected chi connectivity index (χ2v) is 9.76. The van der Waals surface area contributed by atoms with Crippen molar-refractivity contribution in [3.8, 4) is 5.75 Å². The van der Waals surface area contributed by atoms with Gasteiger partial charge < -0.3 is 25.3 Å². The first-order chi connectivity index (χ1) is 17.0. The van der Waals surface area contributed by atoms with Crippen LogP contribution in [0.15, 0.2) is 58.2 Å². The molecule has 9 heteroatoms. The first-order valence-corrected chi connectivity index (χ1v) is 12.0. The summed E-state index contributed by atoms with van der Waals surface area (Å²) < 4.78 is 23.4. The summed E-state index contributed by atoms with van der Waals surface area (Å²) in [5, 5.41) is 20.7. The van der Waals surface area contributed by atoms with E-state index in [1.807, 2.05) is 42.0 Å². The number of aromatic carboxylic acids is 1. The highest BCUT2D eigenvalue weighted by atomic mass is 35.5. The van der Waals surface area contributed by atoms with Gasteiger partial charge in [-0.1, -0.05) is 42.8 Å². The predicted molar refractivity (Wildman–Crippen MR) is 138 cm³/mol. The quantitative estimate of drug-likeness (QED) is 0.406. The van der Waals surface area contributed by atoms with Gasteiger partial charge in [0.1, 0.15) is 11.4 Å². The van der Waals surface area contributed by atoms with E-state index in [0.29, 0.717) is 22.7 Å². The SMILES string of the molecule is Cc1ccc(OC(N)=NC2C=C(C3C=c4ccn(CCO)c4=CC3(C)F)C(Cl)=CC2C)cc1C(=O)O. The standard InChI is InChI=1S/C27H29ClFN3O4/c1-15-4-5-18(12-19(15)25(34)35)36-26(30)31-23-13-20(22(28)10-16(23)2)21-11-17-6-7-32(8-9-33)24(17)14-27(21,3)29/h4-7,10-14,16,21,23,33H,8-9H2,1-3H3,(H2,30,31)(H,34,35). The van der Waals surface area contributed by atoms with Crippen LogP contribution in [0.2, 0.25) is 0 Å². The second kappa shape index (κ2) is 9.95. The fraction of sp³-hybridized carbons (Fsp3) is 0.333. The molecule has 1 aromatic carbocycles. The summed E-state index contributed by atoms with van der Waals surface area (Å²) >= 11 is 6.60. The van der Waals surface area contributed by atoms with Gasteiger partial charge in [-0.15, -0.1) is 0 Å². The summed E-state index contributed by atoms with van der Waals surface area (Å²) in [4.78, 5) is 15.9. The van der Waals surface area contributed by atoms with Crippen molar-refractivity contribution in [3.05, 3.63) is 74.9 Å². The summed E-state index contributed by atoms with van der Waals surface area (Å²) in [6, 6.07) is 5.94. The van der Waals surface area contributed by atoms with Gasteiger partial charge in [-0.3, -0.25) is 0 Å². The third-order valence-electron chi connectivity index (χ3n) is 6.60. The summed E-state index contributed by atoms with van der Waals surface area (Å²) in [5.41, 5.74) is 5.64. The number of nitrogens with zero attached hydrogens (tertiary/aromatic N) is 2. The number of aromatic nitrogens is 1. The number of ether oxygens (including phenoxy) is 1. The summed E-state index contributed by atoms with van der Waals surface area (Å²) in [6.45, 7) is 5.46. The number of fused-ring (bicyclic) bond motifs is 1. The molecule has 7 nitrogen and oxygen atoms in total. The van der Waals surface area contributed by atoms with E-state index < -0.39 is 23.6 Å². The predicted octanol–water partition coefficient (Wildman–Crippen LogP) is 2.87. The van der Waals surface area contributed by atoms with Gasteiger partial charge >= 0.3 is 5.97 Å². The zero-order valence-electron chi connectivity index (χ0n) is 20.3. The number of allylic oxidation sites excluding steroid dienone is 2. The lowest BCUT2D eigenvalue weighted by Crippen LogP contribution is -2.43. The fourth-order valence-electron chi connectivity index (χ4n) is 4.64. The van der Waals surface area contributed by atoms with Crippen molar-refractivity contribution >= 4 is 35.7 Å². The second-order valence-electron chi connectivity index (χ2n) is 9.35. The van der Waals surface area contributed by atoms with Crippen molar-refractivity contribution in [1.82, 2.24) is 4.57 Å². The third kappa shape index (κ3) is 5.10. The summed E-state index contributed by atoms with van der Waals surface area (Å²) in [5.74, 6) is -1.59. The number of alkyl halides is 1. The zero-order valence-corrected chi connectivity index (χ0v) is 21.0. The maximum absolute atomic E-state index is 16.0. The normalized spacial score (nSPS) is 25.7. The number of hydrogen-bond acceptors (Lipinski definition) is 4. The molecule has 0 fully saturated rings. The molecule has 0 aliphatic heterocycles. The van der Waals surface area contributed by atoms with Crippen LogP contribution in [0.3, 0.4) is 0 Å². The molecule has 0 spiro atoms. The van der Waals surface area contributed by atoms with Gasteiger partial charge in [-0.25, -0.2) is 14.2 Å². The molecule has 4 atom stereocenters. The molecule has 1 aromatic heterocycles. The first-order valence-electron chi connectivity index (χ1n) is 11.6. The van der Waals surface area contributed by atoms with E-state index in [9.17, 15) is 15.0 Å². The Kier molecular flexibility index (Phi) is 7.11. The minimum Gasteiger partial charge on any atom is -0.478 e. The number of carboxylic acids is 1. The minimum absolute atomic E-state index is 0.0393. The topological polar surface area (TPSA) is 110 Å². The minimum atomic E-state index is -1.73. The molecule has 2 aliphatic rings. The largest absolute Gasteiger partial charge is 0.478 e. The van der Waals surface area contributed by atoms with Crippen LogP contribution in [0.25, 0.3) is 12.2 Å². The van der Waals surface area contributed by atoms with E-state index in [0.717, 1.165) is 10.6 Å². The number of carboxylic acid groups (broad SMARTS) is 1. The number of halogens is 2. The molecule has 0 saturated heterocycles. The molecule has 0 saturated carbocycles. The van der Waals surface area contributed by atoms with E-state index in [1.165, 1.54) is 13.0 Å². The molecule has 190 valence electrons. The average Bonchev–Trinajstić information content (AvgIpc) is 3.17. The van der Waals surface area contributed by atoms with E-state index in [4.69, 9.17) is 22.1 Å². The van der Waals surface area contributed by atoms with Crippen molar-refractivity contribution in [2.75, 3.05) is 6.61 Å². The van der Waals surface area contributed by atoms with E-state index in [2.05, 4.69) is 4.99 Å². The van der Waals surface area contributed by atoms with Crippen LogP contribution in [-0.2, 0) is 6.54 Å². The van der Waals surface area contributed by atoms with Gasteiger partial charge in [0.2, 0.25) is 0 Å². The van der Waals surface area contributed by atoms with Crippen molar-refractivity contribution in [1.29, 1.82) is 0 Å². The number of carbonyl (C=O) groups is 1. The van der Waals surface area contributed by atoms with Crippen molar-refractivity contribution < 1.29 is 24.1 Å². The van der Waals surface area contributed by atoms with Crippen LogP contribution >= 0.6 is 11.6 Å². The van der Waals surface area contributed by atoms with Crippen LogP contribution in [0.1, 0.15) is 29.8 Å². The number of rotatable bonds is 6. The molecule has 0 amide bonds. The van der Waals surface area contributed by atoms with Crippen LogP contribution < -0.4 is 21.0 Å². The van der Waals surface area contributed by atoms with Gasteiger partial charge in [0.15, 0.2) is 0 Å². The van der Waals surface area contributed by atoms with Crippen molar-refractivity contribution in [2.45, 2.75) is 39.0 Å². The molecular weight excluding hydrogens is 485 g/mol. The molecule has 4 N–H and O–H groups in total. The Balaban J connectivity index is 1.65. The lowest BCUT2D eigenvalue weighted by atomic mass is 9.77. The number of aliphatic imine (C=N–C) groups is 1. The number of hydrogen-bond donors (Lipinski definition) is 3. The average molecular weight is 514 g/mol. The summed E-state index contributed by atoms with van der Waals surface area (Å²) in [6.07, 6.45) is 8.88. The van der Waals surface area contributed by atoms with Gasteiger partial charge in [0.05, 0.1) is 18.2 Å². The van der Waals surface area contributed by atoms with Crippen molar-refractivity contribution in [3.63, 3.8) is 0 Å². The molecule has 36 heavy (non-hydrogen) atoms. The Labute approximate surface area is 213 Å². The molecular formula is C27H29ClFN3O4. The Morgan fingerprint density at radius 2 is 2.06 bits per heavy atom. The highest BCUT2D eigenvalue weighted by Gasteiger charge is 2.38. The number of aliphatic hydroxyl groups is 1. The molecule has 4 unspecified atom stereocenters. The Hall–Kier alpha value is -3.36. The lowest BCUT2D eigenvalue weighted by Gasteiger charge is -2.33. The number of nitrogens with two attached hydrogens (primary N) is 1. The fourth-order valence-corrected chi connectivity index (χ4v) is 5.02. The number of aryl methyl sites for hydroxylation is 1. The molecule has 4 rings (SSSR count). The molecule has 2 aromatic rings. The maximum atomic E-state index is 16.0. The van der Waals surface area contributed by atoms with Gasteiger partial charge in [0, 0.05) is 35.0 Å². The van der Waals surface area contributed by atoms with E-state index >= 15 is 4.39 Å². The lowest BCUT2D eigenvalue weighted by molar-refractivity contribution is 0.0695. The number of benzene rings is 1. The smallest absolute Gasteiger partial charge is 0.336 e. The van der Waals surface area contributed by atoms with E-state index in [1.54, 1.807) is 25.1 Å². The van der Waals surface area contributed by atoms with Gasteiger partial charge in [-0.05, 0) is 54.5 Å². The molecule has 0 bridgehead atoms. The number of aliphatic hydroxyl groups excluding tert-OH is 1. The first kappa shape index (κ1) is 25.7. The zero-order chi connectivity index (χ0) is 26.2. The van der Waals surface area contributed by atoms with Crippen LogP contribution in [-0.4, -0.2) is 45.1 Å². The third-order valence-corrected chi connectivity index (χ3v) is 6.94. The maximum Gasteiger partial charge on any atom is 0.336 e. The Morgan fingerprint density at radius 3 is 2.75 bits per heavy atom. The Bertz CT molecular complexity index is 1410. The Morgan fingerprint density at radius 1 is 1.31 bits per heavy atom. The van der Waals surface area contributed by atoms with Gasteiger partial charge in [-0.2, -0.15) is 0 Å². The molecule has 0 radical (unpaired) electrons. The highest BCUT2D eigenvalue weighted by molar-refractivity contribution is 6.32. The van der Waals surface area contributed by atoms with Crippen LogP contribution in [0.5, 0.6) is 5.75 Å². The van der Waals surface area contributed by atoms with Gasteiger partial charge in [0.25, 0.3) is 6.02 Å². The summed E-state index contributed by atoms with van der Waals surface area (Å²) in [7, 11) is 0. The van der Waals surface area contributed by atoms with E-state index in [-0.39, 0.29) is 29.9 Å². The van der Waals surface area contributed by atoms with Crippen LogP contribution in [0, 0.1) is 18.8 Å². The monoisotopic (exact) mass is 513 g/mol. The van der Waals surface area contributed by atoms with Crippen LogP contribution in [0.4, 0.5) is 4.39 Å². The molecule has 2 aliphatic carbocycles. The molecule has 1 heterocycles. The number of amidine groups is 1. The highest BCUT2D eigenvalue weighted by Crippen LogP contribution is 2.41.